The Morgan fingerprint density at radius 2 is 1.62 bits per heavy atom. The minimum Gasteiger partial charge on any atom is -0.334 e. The first-order chi connectivity index (χ1) is 9.85. The molecule has 0 bridgehead atoms. The van der Waals surface area contributed by atoms with Gasteiger partial charge in [0.15, 0.2) is 0 Å². The number of anilines is 1. The van der Waals surface area contributed by atoms with E-state index >= 15 is 0 Å². The van der Waals surface area contributed by atoms with Crippen molar-refractivity contribution < 1.29 is 9.59 Å². The monoisotopic (exact) mass is 328 g/mol. The molecular weight excluding hydrogens is 311 g/mol. The minimum atomic E-state index is -0.658. The second kappa shape index (κ2) is 6.67. The van der Waals surface area contributed by atoms with E-state index in [9.17, 15) is 9.59 Å². The third kappa shape index (κ3) is 4.35. The second-order valence-corrected chi connectivity index (χ2v) is 6.64. The molecule has 4 nitrogen and oxygen atoms in total. The highest BCUT2D eigenvalue weighted by atomic mass is 35.5. The van der Waals surface area contributed by atoms with Crippen molar-refractivity contribution in [1.82, 2.24) is 4.90 Å². The maximum absolute atomic E-state index is 12.2. The van der Waals surface area contributed by atoms with E-state index in [0.29, 0.717) is 40.7 Å². The first-order valence-corrected chi connectivity index (χ1v) is 7.67. The molecule has 0 aliphatic carbocycles. The summed E-state index contributed by atoms with van der Waals surface area (Å²) in [6.45, 7) is 5.41. The van der Waals surface area contributed by atoms with E-state index in [-0.39, 0.29) is 0 Å². The van der Waals surface area contributed by atoms with E-state index < -0.39 is 11.8 Å². The third-order valence-corrected chi connectivity index (χ3v) is 3.91. The molecule has 1 saturated heterocycles. The van der Waals surface area contributed by atoms with Crippen LogP contribution in [0.2, 0.25) is 10.0 Å². The molecule has 1 aromatic rings. The molecule has 1 aromatic carbocycles. The van der Waals surface area contributed by atoms with Crippen molar-refractivity contribution in [3.8, 4) is 0 Å². The molecule has 114 valence electrons. The summed E-state index contributed by atoms with van der Waals surface area (Å²) in [6.07, 6.45) is 1.08. The smallest absolute Gasteiger partial charge is 0.313 e. The number of halogens is 2. The van der Waals surface area contributed by atoms with Gasteiger partial charge in [-0.3, -0.25) is 9.59 Å². The summed E-state index contributed by atoms with van der Waals surface area (Å²) in [6, 6.07) is 4.68. The molecule has 1 aliphatic rings. The van der Waals surface area contributed by atoms with Gasteiger partial charge in [-0.1, -0.05) is 37.0 Å². The number of benzene rings is 1. The molecule has 1 heterocycles. The number of nitrogens with zero attached hydrogens (tertiary/aromatic N) is 1. The summed E-state index contributed by atoms with van der Waals surface area (Å²) < 4.78 is 0. The van der Waals surface area contributed by atoms with Crippen molar-refractivity contribution in [2.75, 3.05) is 18.4 Å². The highest BCUT2D eigenvalue weighted by molar-refractivity contribution is 6.40. The van der Waals surface area contributed by atoms with E-state index in [1.54, 1.807) is 23.1 Å². The summed E-state index contributed by atoms with van der Waals surface area (Å²) in [5.41, 5.74) is 0.420. The second-order valence-electron chi connectivity index (χ2n) is 5.77. The lowest BCUT2D eigenvalue weighted by atomic mass is 9.92. The van der Waals surface area contributed by atoms with Gasteiger partial charge in [0, 0.05) is 28.8 Å². The Balaban J connectivity index is 2.04. The zero-order valence-electron chi connectivity index (χ0n) is 12.0. The normalized spacial score (nSPS) is 22.0. The number of likely N-dealkylation sites (tertiary alicyclic amines) is 1. The fourth-order valence-corrected chi connectivity index (χ4v) is 3.31. The molecule has 2 rings (SSSR count). The maximum atomic E-state index is 12.2. The number of rotatable bonds is 1. The van der Waals surface area contributed by atoms with Crippen molar-refractivity contribution in [3.63, 3.8) is 0 Å². The van der Waals surface area contributed by atoms with Crippen LogP contribution in [0.4, 0.5) is 5.69 Å². The predicted octanol–water partition coefficient (Wildman–Crippen LogP) is 3.44. The average molecular weight is 329 g/mol. The number of hydrogen-bond acceptors (Lipinski definition) is 2. The predicted molar refractivity (Wildman–Crippen MR) is 84.6 cm³/mol. The summed E-state index contributed by atoms with van der Waals surface area (Å²) in [5, 5.41) is 3.37. The number of carbonyl (C=O) groups is 2. The molecule has 2 unspecified atom stereocenters. The largest absolute Gasteiger partial charge is 0.334 e. The van der Waals surface area contributed by atoms with Crippen LogP contribution in [0.1, 0.15) is 20.3 Å². The van der Waals surface area contributed by atoms with Gasteiger partial charge >= 0.3 is 11.8 Å². The molecule has 2 amide bonds. The van der Waals surface area contributed by atoms with Crippen LogP contribution in [0.5, 0.6) is 0 Å². The molecule has 0 aromatic heterocycles. The van der Waals surface area contributed by atoms with Crippen molar-refractivity contribution in [1.29, 1.82) is 0 Å². The molecule has 0 saturated carbocycles. The molecule has 0 spiro atoms. The van der Waals surface area contributed by atoms with E-state index in [2.05, 4.69) is 19.2 Å². The van der Waals surface area contributed by atoms with Gasteiger partial charge < -0.3 is 10.2 Å². The van der Waals surface area contributed by atoms with Crippen molar-refractivity contribution in [2.45, 2.75) is 20.3 Å². The van der Waals surface area contributed by atoms with Crippen molar-refractivity contribution in [3.05, 3.63) is 28.2 Å². The van der Waals surface area contributed by atoms with Crippen LogP contribution in [-0.4, -0.2) is 29.8 Å². The van der Waals surface area contributed by atoms with Crippen LogP contribution in [-0.2, 0) is 9.59 Å². The minimum absolute atomic E-state index is 0.408. The van der Waals surface area contributed by atoms with Gasteiger partial charge in [-0.2, -0.15) is 0 Å². The van der Waals surface area contributed by atoms with Crippen LogP contribution in [0.15, 0.2) is 18.2 Å². The summed E-state index contributed by atoms with van der Waals surface area (Å²) in [5.74, 6) is -0.351. The Hall–Kier alpha value is -1.26. The Bertz CT molecular complexity index is 532. The van der Waals surface area contributed by atoms with Gasteiger partial charge in [-0.25, -0.2) is 0 Å². The summed E-state index contributed by atoms with van der Waals surface area (Å²) in [4.78, 5) is 25.9. The molecule has 1 aliphatic heterocycles. The number of hydrogen-bond donors (Lipinski definition) is 1. The highest BCUT2D eigenvalue weighted by Crippen LogP contribution is 2.23. The lowest BCUT2D eigenvalue weighted by Crippen LogP contribution is -2.47. The Morgan fingerprint density at radius 3 is 2.14 bits per heavy atom. The molecule has 6 heteroatoms. The van der Waals surface area contributed by atoms with Gasteiger partial charge in [0.05, 0.1) is 0 Å². The van der Waals surface area contributed by atoms with Gasteiger partial charge in [-0.15, -0.1) is 0 Å². The van der Waals surface area contributed by atoms with Crippen LogP contribution in [0, 0.1) is 11.8 Å². The Morgan fingerprint density at radius 1 is 1.10 bits per heavy atom. The number of amides is 2. The van der Waals surface area contributed by atoms with E-state index in [1.165, 1.54) is 0 Å². The Kier molecular flexibility index (Phi) is 5.12. The van der Waals surface area contributed by atoms with Crippen molar-refractivity contribution in [2.24, 2.45) is 11.8 Å². The van der Waals surface area contributed by atoms with E-state index in [0.717, 1.165) is 6.42 Å². The standard InChI is InChI=1S/C15H18Cl2N2O2/c1-9-3-10(2)8-19(7-9)15(21)14(20)18-13-5-11(16)4-12(17)6-13/h4-6,9-10H,3,7-8H2,1-2H3,(H,18,20). The third-order valence-electron chi connectivity index (χ3n) is 3.47. The molecule has 21 heavy (non-hydrogen) atoms. The summed E-state index contributed by atoms with van der Waals surface area (Å²) in [7, 11) is 0. The highest BCUT2D eigenvalue weighted by Gasteiger charge is 2.29. The zero-order valence-corrected chi connectivity index (χ0v) is 13.5. The molecule has 0 radical (unpaired) electrons. The quantitative estimate of drug-likeness (QED) is 0.803. The van der Waals surface area contributed by atoms with Crippen LogP contribution < -0.4 is 5.32 Å². The lowest BCUT2D eigenvalue weighted by molar-refractivity contribution is -0.144. The SMILES string of the molecule is CC1CC(C)CN(C(=O)C(=O)Nc2cc(Cl)cc(Cl)c2)C1. The number of piperidine rings is 1. The van der Waals surface area contributed by atoms with Crippen LogP contribution >= 0.6 is 23.2 Å². The Labute approximate surface area is 134 Å². The number of nitrogens with one attached hydrogen (secondary N) is 1. The first kappa shape index (κ1) is 16.1. The number of carbonyl (C=O) groups excluding carboxylic acids is 2. The lowest BCUT2D eigenvalue weighted by Gasteiger charge is -2.34. The van der Waals surface area contributed by atoms with Gasteiger partial charge in [0.25, 0.3) is 0 Å². The maximum Gasteiger partial charge on any atom is 0.313 e. The van der Waals surface area contributed by atoms with Gasteiger partial charge in [0.1, 0.15) is 0 Å². The zero-order chi connectivity index (χ0) is 15.6. The molecule has 2 atom stereocenters. The van der Waals surface area contributed by atoms with E-state index in [4.69, 9.17) is 23.2 Å². The van der Waals surface area contributed by atoms with E-state index in [1.807, 2.05) is 0 Å². The molecule has 1 N–H and O–H groups in total. The summed E-state index contributed by atoms with van der Waals surface area (Å²) >= 11 is 11.7. The van der Waals surface area contributed by atoms with Crippen LogP contribution in [0.3, 0.4) is 0 Å². The van der Waals surface area contributed by atoms with Gasteiger partial charge in [-0.05, 0) is 36.5 Å². The van der Waals surface area contributed by atoms with Crippen molar-refractivity contribution >= 4 is 40.7 Å². The average Bonchev–Trinajstić information content (AvgIpc) is 2.35. The fraction of sp³-hybridized carbons (Fsp3) is 0.467. The molecule has 1 fully saturated rings. The first-order valence-electron chi connectivity index (χ1n) is 6.91. The fourth-order valence-electron chi connectivity index (χ4n) is 2.78. The topological polar surface area (TPSA) is 49.4 Å². The van der Waals surface area contributed by atoms with Gasteiger partial charge in [0.2, 0.25) is 0 Å². The van der Waals surface area contributed by atoms with Crippen LogP contribution in [0.25, 0.3) is 0 Å². The molecular formula is C15H18Cl2N2O2.